The molecule has 0 atom stereocenters. The molecule has 0 aliphatic heterocycles. The molecule has 2 heterocycles. The Morgan fingerprint density at radius 3 is 1.18 bits per heavy atom. The standard InChI is InChI=1S/C54H38N2S/c1-4-18-43(19-5-1)57(44-20-6-2-7-21-44,45-22-8-3-9-23-45)46-24-16-17-40(37-46)39-31-33-41(34-32-39)55-53-30-15-12-27-49(53)50-38-42(35-36-54(50)55)56-51-28-13-10-25-47(51)48-26-11-14-29-52(48)56/h1-38H. The molecule has 57 heavy (non-hydrogen) atoms. The molecule has 0 radical (unpaired) electrons. The van der Waals surface area contributed by atoms with E-state index >= 15 is 0 Å². The first-order chi connectivity index (χ1) is 28.3. The van der Waals surface area contributed by atoms with Crippen LogP contribution in [0.1, 0.15) is 0 Å². The minimum Gasteiger partial charge on any atom is -0.309 e. The van der Waals surface area contributed by atoms with Crippen LogP contribution in [0, 0.1) is 0 Å². The number of para-hydroxylation sites is 3. The van der Waals surface area contributed by atoms with E-state index in [2.05, 4.69) is 240 Å². The lowest BCUT2D eigenvalue weighted by molar-refractivity contribution is 1.16. The zero-order valence-corrected chi connectivity index (χ0v) is 32.1. The molecule has 0 fully saturated rings. The van der Waals surface area contributed by atoms with Crippen molar-refractivity contribution in [1.29, 1.82) is 0 Å². The van der Waals surface area contributed by atoms with Gasteiger partial charge in [-0.2, -0.15) is 0 Å². The SMILES string of the molecule is c1ccc(S(c2ccccc2)(c2ccccc2)c2cccc(-c3ccc(-n4c5ccccc5c5cc(-n6c7ccccc7c7ccccc76)ccc54)cc3)c2)cc1. The highest BCUT2D eigenvalue weighted by molar-refractivity contribution is 8.34. The van der Waals surface area contributed by atoms with Gasteiger partial charge in [-0.15, -0.1) is 10.0 Å². The molecule has 0 spiro atoms. The number of nitrogens with zero attached hydrogens (tertiary/aromatic N) is 2. The van der Waals surface area contributed by atoms with Gasteiger partial charge in [0, 0.05) is 52.5 Å². The van der Waals surface area contributed by atoms with Crippen molar-refractivity contribution in [2.45, 2.75) is 19.6 Å². The molecule has 3 heteroatoms. The predicted octanol–water partition coefficient (Wildman–Crippen LogP) is 14.9. The third-order valence-electron chi connectivity index (χ3n) is 11.4. The summed E-state index contributed by atoms with van der Waals surface area (Å²) in [4.78, 5) is 5.28. The van der Waals surface area contributed by atoms with Gasteiger partial charge in [-0.05, 0) is 108 Å². The van der Waals surface area contributed by atoms with Gasteiger partial charge in [0.15, 0.2) is 0 Å². The molecule has 0 saturated carbocycles. The van der Waals surface area contributed by atoms with Gasteiger partial charge in [0.2, 0.25) is 0 Å². The Morgan fingerprint density at radius 2 is 0.649 bits per heavy atom. The molecule has 2 aromatic heterocycles. The van der Waals surface area contributed by atoms with Crippen LogP contribution >= 0.6 is 10.0 Å². The van der Waals surface area contributed by atoms with Crippen LogP contribution in [0.3, 0.4) is 0 Å². The Labute approximate surface area is 333 Å². The molecular formula is C54H38N2S. The van der Waals surface area contributed by atoms with Crippen LogP contribution in [0.15, 0.2) is 250 Å². The van der Waals surface area contributed by atoms with E-state index in [9.17, 15) is 0 Å². The van der Waals surface area contributed by atoms with Gasteiger partial charge in [0.1, 0.15) is 0 Å². The largest absolute Gasteiger partial charge is 0.309 e. The predicted molar refractivity (Wildman–Crippen MR) is 241 cm³/mol. The van der Waals surface area contributed by atoms with E-state index in [0.717, 1.165) is 11.4 Å². The second-order valence-electron chi connectivity index (χ2n) is 14.5. The van der Waals surface area contributed by atoms with E-state index in [1.54, 1.807) is 0 Å². The van der Waals surface area contributed by atoms with Gasteiger partial charge in [0.25, 0.3) is 0 Å². The molecule has 0 aliphatic carbocycles. The number of hydrogen-bond acceptors (Lipinski definition) is 0. The van der Waals surface area contributed by atoms with Gasteiger partial charge >= 0.3 is 0 Å². The second-order valence-corrected chi connectivity index (χ2v) is 17.7. The minimum atomic E-state index is -1.78. The lowest BCUT2D eigenvalue weighted by atomic mass is 10.1. The smallest absolute Gasteiger partial charge is 0.0542 e. The molecule has 0 N–H and O–H groups in total. The minimum absolute atomic E-state index is 1.14. The number of rotatable bonds is 7. The van der Waals surface area contributed by atoms with Gasteiger partial charge in [-0.3, -0.25) is 0 Å². The summed E-state index contributed by atoms with van der Waals surface area (Å²) in [5.74, 6) is 0. The molecule has 11 aromatic rings. The summed E-state index contributed by atoms with van der Waals surface area (Å²) in [6.45, 7) is 0. The maximum absolute atomic E-state index is 2.42. The second kappa shape index (κ2) is 13.6. The van der Waals surface area contributed by atoms with Gasteiger partial charge in [-0.1, -0.05) is 133 Å². The van der Waals surface area contributed by atoms with Crippen LogP contribution < -0.4 is 0 Å². The van der Waals surface area contributed by atoms with E-state index < -0.39 is 10.0 Å². The first-order valence-corrected chi connectivity index (χ1v) is 21.1. The van der Waals surface area contributed by atoms with Crippen LogP contribution in [0.2, 0.25) is 0 Å². The van der Waals surface area contributed by atoms with E-state index in [-0.39, 0.29) is 0 Å². The summed E-state index contributed by atoms with van der Waals surface area (Å²) in [5, 5.41) is 5.03. The van der Waals surface area contributed by atoms with Crippen molar-refractivity contribution >= 4 is 53.6 Å². The number of aromatic nitrogens is 2. The molecule has 0 bridgehead atoms. The first-order valence-electron chi connectivity index (χ1n) is 19.5. The van der Waals surface area contributed by atoms with Crippen LogP contribution in [0.5, 0.6) is 0 Å². The molecule has 9 aromatic carbocycles. The molecule has 0 saturated heterocycles. The molecule has 270 valence electrons. The first kappa shape index (κ1) is 33.3. The lowest BCUT2D eigenvalue weighted by Crippen LogP contribution is -2.05. The van der Waals surface area contributed by atoms with Crippen LogP contribution in [0.25, 0.3) is 66.1 Å². The van der Waals surface area contributed by atoms with Crippen molar-refractivity contribution < 1.29 is 0 Å². The lowest BCUT2D eigenvalue weighted by Gasteiger charge is -2.42. The van der Waals surface area contributed by atoms with Crippen molar-refractivity contribution in [3.8, 4) is 22.5 Å². The van der Waals surface area contributed by atoms with E-state index in [4.69, 9.17) is 0 Å². The zero-order valence-electron chi connectivity index (χ0n) is 31.2. The third kappa shape index (κ3) is 5.28. The molecular weight excluding hydrogens is 709 g/mol. The highest BCUT2D eigenvalue weighted by Gasteiger charge is 2.33. The van der Waals surface area contributed by atoms with E-state index in [1.807, 2.05) is 0 Å². The van der Waals surface area contributed by atoms with Crippen molar-refractivity contribution in [3.05, 3.63) is 231 Å². The van der Waals surface area contributed by atoms with Gasteiger partial charge in [0.05, 0.1) is 22.1 Å². The van der Waals surface area contributed by atoms with Crippen LogP contribution in [-0.2, 0) is 0 Å². The topological polar surface area (TPSA) is 9.86 Å². The van der Waals surface area contributed by atoms with Crippen LogP contribution in [0.4, 0.5) is 0 Å². The average Bonchev–Trinajstić information content (AvgIpc) is 3.81. The average molecular weight is 747 g/mol. The Kier molecular flexibility index (Phi) is 7.94. The fraction of sp³-hybridized carbons (Fsp3) is 0. The molecule has 2 nitrogen and oxygen atoms in total. The Morgan fingerprint density at radius 1 is 0.246 bits per heavy atom. The summed E-state index contributed by atoms with van der Waals surface area (Å²) in [7, 11) is -1.78. The summed E-state index contributed by atoms with van der Waals surface area (Å²) in [5.41, 5.74) is 9.53. The number of fused-ring (bicyclic) bond motifs is 6. The zero-order chi connectivity index (χ0) is 37.8. The third-order valence-corrected chi connectivity index (χ3v) is 15.3. The molecule has 0 aliphatic rings. The van der Waals surface area contributed by atoms with E-state index in [1.165, 1.54) is 74.3 Å². The quantitative estimate of drug-likeness (QED) is 0.154. The maximum atomic E-state index is 2.42. The summed E-state index contributed by atoms with van der Waals surface area (Å²) >= 11 is 0. The van der Waals surface area contributed by atoms with Gasteiger partial charge in [-0.25, -0.2) is 0 Å². The highest BCUT2D eigenvalue weighted by atomic mass is 32.3. The Bertz CT molecular complexity index is 3070. The Hall–Kier alpha value is -7.07. The highest BCUT2D eigenvalue weighted by Crippen LogP contribution is 2.73. The fourth-order valence-electron chi connectivity index (χ4n) is 8.94. The summed E-state index contributed by atoms with van der Waals surface area (Å²) in [6, 6.07) is 84.7. The summed E-state index contributed by atoms with van der Waals surface area (Å²) in [6.07, 6.45) is 0. The van der Waals surface area contributed by atoms with Crippen molar-refractivity contribution in [2.75, 3.05) is 0 Å². The number of benzene rings is 9. The molecule has 0 amide bonds. The maximum Gasteiger partial charge on any atom is 0.0542 e. The van der Waals surface area contributed by atoms with Crippen molar-refractivity contribution in [1.82, 2.24) is 9.13 Å². The monoisotopic (exact) mass is 746 g/mol. The van der Waals surface area contributed by atoms with Crippen molar-refractivity contribution in [2.24, 2.45) is 0 Å². The van der Waals surface area contributed by atoms with Gasteiger partial charge < -0.3 is 9.13 Å². The molecule has 0 unspecified atom stereocenters. The molecule has 11 rings (SSSR count). The number of hydrogen-bond donors (Lipinski definition) is 0. The summed E-state index contributed by atoms with van der Waals surface area (Å²) < 4.78 is 4.82. The Balaban J connectivity index is 1.04. The normalized spacial score (nSPS) is 12.1. The van der Waals surface area contributed by atoms with Crippen molar-refractivity contribution in [3.63, 3.8) is 0 Å². The van der Waals surface area contributed by atoms with E-state index in [0.29, 0.717) is 0 Å². The van der Waals surface area contributed by atoms with Crippen LogP contribution in [-0.4, -0.2) is 9.13 Å². The fourth-order valence-corrected chi connectivity index (χ4v) is 12.9.